The highest BCUT2D eigenvalue weighted by Gasteiger charge is 2.12. The molecule has 19 heavy (non-hydrogen) atoms. The van der Waals surface area contributed by atoms with Crippen LogP contribution in [-0.4, -0.2) is 22.4 Å². The highest BCUT2D eigenvalue weighted by Crippen LogP contribution is 2.31. The van der Waals surface area contributed by atoms with Gasteiger partial charge in [0, 0.05) is 12.0 Å². The lowest BCUT2D eigenvalue weighted by molar-refractivity contribution is 0.243. The van der Waals surface area contributed by atoms with E-state index in [1.165, 1.54) is 0 Å². The van der Waals surface area contributed by atoms with E-state index < -0.39 is 0 Å². The van der Waals surface area contributed by atoms with Crippen LogP contribution < -0.4 is 9.47 Å². The van der Waals surface area contributed by atoms with Crippen molar-refractivity contribution in [1.82, 2.24) is 10.1 Å². The summed E-state index contributed by atoms with van der Waals surface area (Å²) in [5, 5.41) is 13.1. The molecule has 0 bridgehead atoms. The smallest absolute Gasteiger partial charge is 0.226 e. The van der Waals surface area contributed by atoms with Crippen LogP contribution in [0, 0.1) is 0 Å². The Hall–Kier alpha value is -2.08. The number of aliphatic hydroxyl groups excluding tert-OH is 1. The van der Waals surface area contributed by atoms with Crippen molar-refractivity contribution in [1.29, 1.82) is 0 Å². The molecule has 0 radical (unpaired) electrons. The Morgan fingerprint density at radius 1 is 1.37 bits per heavy atom. The van der Waals surface area contributed by atoms with E-state index in [9.17, 15) is 5.11 Å². The summed E-state index contributed by atoms with van der Waals surface area (Å²) in [6, 6.07) is 5.33. The third-order valence-electron chi connectivity index (χ3n) is 2.61. The molecule has 6 nitrogen and oxygen atoms in total. The largest absolute Gasteiger partial charge is 0.493 e. The van der Waals surface area contributed by atoms with Crippen LogP contribution >= 0.6 is 0 Å². The van der Waals surface area contributed by atoms with Gasteiger partial charge in [0.1, 0.15) is 0 Å². The molecule has 1 heterocycles. The lowest BCUT2D eigenvalue weighted by Crippen LogP contribution is -2.02. The van der Waals surface area contributed by atoms with Gasteiger partial charge in [-0.05, 0) is 6.07 Å². The molecular weight excluding hydrogens is 248 g/mol. The summed E-state index contributed by atoms with van der Waals surface area (Å²) in [6.45, 7) is 1.97. The van der Waals surface area contributed by atoms with Gasteiger partial charge in [-0.2, -0.15) is 4.98 Å². The van der Waals surface area contributed by atoms with E-state index in [2.05, 4.69) is 10.1 Å². The fourth-order valence-electron chi connectivity index (χ4n) is 1.64. The minimum atomic E-state index is -0.126. The summed E-state index contributed by atoms with van der Waals surface area (Å²) in [5.41, 5.74) is 0.651. The van der Waals surface area contributed by atoms with Crippen molar-refractivity contribution >= 4 is 0 Å². The average Bonchev–Trinajstić information content (AvgIpc) is 2.92. The standard InChI is InChI=1S/C13H16N2O4/c1-3-12-14-11(15-19-12)8-18-13-9(7-16)5-4-6-10(13)17-2/h4-6,16H,3,7-8H2,1-2H3. The topological polar surface area (TPSA) is 77.6 Å². The van der Waals surface area contributed by atoms with Crippen molar-refractivity contribution in [3.63, 3.8) is 0 Å². The number of aryl methyl sites for hydroxylation is 1. The van der Waals surface area contributed by atoms with Crippen molar-refractivity contribution in [2.24, 2.45) is 0 Å². The average molecular weight is 264 g/mol. The van der Waals surface area contributed by atoms with E-state index >= 15 is 0 Å². The number of rotatable bonds is 6. The van der Waals surface area contributed by atoms with E-state index in [4.69, 9.17) is 14.0 Å². The van der Waals surface area contributed by atoms with Crippen LogP contribution in [0.15, 0.2) is 22.7 Å². The molecule has 0 aliphatic rings. The second-order valence-corrected chi connectivity index (χ2v) is 3.85. The predicted molar refractivity (Wildman–Crippen MR) is 66.9 cm³/mol. The number of aliphatic hydroxyl groups is 1. The van der Waals surface area contributed by atoms with Gasteiger partial charge in [-0.3, -0.25) is 0 Å². The Bertz CT molecular complexity index is 517. The van der Waals surface area contributed by atoms with Crippen LogP contribution in [0.4, 0.5) is 0 Å². The molecule has 0 aliphatic heterocycles. The Balaban J connectivity index is 2.13. The van der Waals surface area contributed by atoms with Gasteiger partial charge in [0.15, 0.2) is 18.1 Å². The zero-order valence-corrected chi connectivity index (χ0v) is 10.9. The van der Waals surface area contributed by atoms with Crippen LogP contribution in [0.5, 0.6) is 11.5 Å². The summed E-state index contributed by atoms with van der Waals surface area (Å²) in [7, 11) is 1.55. The molecular formula is C13H16N2O4. The van der Waals surface area contributed by atoms with E-state index in [-0.39, 0.29) is 13.2 Å². The van der Waals surface area contributed by atoms with E-state index in [1.807, 2.05) is 6.92 Å². The van der Waals surface area contributed by atoms with Crippen LogP contribution in [-0.2, 0) is 19.6 Å². The molecule has 1 N–H and O–H groups in total. The molecule has 2 aromatic rings. The van der Waals surface area contributed by atoms with Crippen LogP contribution in [0.25, 0.3) is 0 Å². The Kier molecular flexibility index (Phi) is 4.35. The summed E-state index contributed by atoms with van der Waals surface area (Å²) in [4.78, 5) is 4.15. The van der Waals surface area contributed by atoms with Crippen molar-refractivity contribution in [3.8, 4) is 11.5 Å². The minimum absolute atomic E-state index is 0.126. The highest BCUT2D eigenvalue weighted by atomic mass is 16.5. The first-order valence-electron chi connectivity index (χ1n) is 5.99. The van der Waals surface area contributed by atoms with Crippen LogP contribution in [0.3, 0.4) is 0 Å². The number of hydrogen-bond acceptors (Lipinski definition) is 6. The molecule has 1 aromatic heterocycles. The number of nitrogens with zero attached hydrogens (tertiary/aromatic N) is 2. The van der Waals surface area contributed by atoms with Crippen molar-refractivity contribution in [3.05, 3.63) is 35.5 Å². The van der Waals surface area contributed by atoms with Crippen LogP contribution in [0.1, 0.15) is 24.2 Å². The molecule has 102 valence electrons. The third-order valence-corrected chi connectivity index (χ3v) is 2.61. The zero-order valence-electron chi connectivity index (χ0n) is 10.9. The lowest BCUT2D eigenvalue weighted by Gasteiger charge is -2.12. The third kappa shape index (κ3) is 3.03. The molecule has 0 saturated carbocycles. The van der Waals surface area contributed by atoms with E-state index in [0.29, 0.717) is 35.2 Å². The molecule has 0 atom stereocenters. The van der Waals surface area contributed by atoms with Gasteiger partial charge in [-0.1, -0.05) is 24.2 Å². The number of methoxy groups -OCH3 is 1. The SMILES string of the molecule is CCc1nc(COc2c(CO)cccc2OC)no1. The fraction of sp³-hybridized carbons (Fsp3) is 0.385. The van der Waals surface area contributed by atoms with E-state index in [1.54, 1.807) is 25.3 Å². The first kappa shape index (κ1) is 13.4. The summed E-state index contributed by atoms with van der Waals surface area (Å²) in [5.74, 6) is 2.09. The van der Waals surface area contributed by atoms with Gasteiger partial charge < -0.3 is 19.1 Å². The molecule has 2 rings (SSSR count). The van der Waals surface area contributed by atoms with Gasteiger partial charge >= 0.3 is 0 Å². The van der Waals surface area contributed by atoms with Gasteiger partial charge in [0.2, 0.25) is 11.7 Å². The van der Waals surface area contributed by atoms with Crippen molar-refractivity contribution < 1.29 is 19.1 Å². The maximum absolute atomic E-state index is 9.29. The first-order valence-corrected chi connectivity index (χ1v) is 5.99. The van der Waals surface area contributed by atoms with Gasteiger partial charge in [-0.25, -0.2) is 0 Å². The maximum atomic E-state index is 9.29. The number of para-hydroxylation sites is 1. The fourth-order valence-corrected chi connectivity index (χ4v) is 1.64. The second kappa shape index (κ2) is 6.19. The zero-order chi connectivity index (χ0) is 13.7. The molecule has 0 fully saturated rings. The monoisotopic (exact) mass is 264 g/mol. The maximum Gasteiger partial charge on any atom is 0.226 e. The Morgan fingerprint density at radius 2 is 2.21 bits per heavy atom. The minimum Gasteiger partial charge on any atom is -0.493 e. The number of ether oxygens (including phenoxy) is 2. The summed E-state index contributed by atoms with van der Waals surface area (Å²) < 4.78 is 15.8. The molecule has 6 heteroatoms. The van der Waals surface area contributed by atoms with Gasteiger partial charge in [-0.15, -0.1) is 0 Å². The highest BCUT2D eigenvalue weighted by molar-refractivity contribution is 5.46. The molecule has 0 aliphatic carbocycles. The molecule has 0 saturated heterocycles. The second-order valence-electron chi connectivity index (χ2n) is 3.85. The van der Waals surface area contributed by atoms with Gasteiger partial charge in [0.25, 0.3) is 0 Å². The van der Waals surface area contributed by atoms with Crippen molar-refractivity contribution in [2.75, 3.05) is 7.11 Å². The molecule has 0 amide bonds. The van der Waals surface area contributed by atoms with E-state index in [0.717, 1.165) is 0 Å². The molecule has 0 unspecified atom stereocenters. The normalized spacial score (nSPS) is 10.5. The number of hydrogen-bond donors (Lipinski definition) is 1. The first-order chi connectivity index (χ1) is 9.28. The summed E-state index contributed by atoms with van der Waals surface area (Å²) >= 11 is 0. The Labute approximate surface area is 111 Å². The van der Waals surface area contributed by atoms with Gasteiger partial charge in [0.05, 0.1) is 13.7 Å². The van der Waals surface area contributed by atoms with Crippen molar-refractivity contribution in [2.45, 2.75) is 26.6 Å². The quantitative estimate of drug-likeness (QED) is 0.855. The van der Waals surface area contributed by atoms with Crippen LogP contribution in [0.2, 0.25) is 0 Å². The number of benzene rings is 1. The number of aromatic nitrogens is 2. The molecule has 0 spiro atoms. The Morgan fingerprint density at radius 3 is 2.84 bits per heavy atom. The summed E-state index contributed by atoms with van der Waals surface area (Å²) in [6.07, 6.45) is 0.684. The predicted octanol–water partition coefficient (Wildman–Crippen LogP) is 1.71. The lowest BCUT2D eigenvalue weighted by atomic mass is 10.2. The molecule has 1 aromatic carbocycles.